The zero-order valence-electron chi connectivity index (χ0n) is 8.08. The summed E-state index contributed by atoms with van der Waals surface area (Å²) in [5, 5.41) is 3.03. The number of nitrogens with one attached hydrogen (secondary N) is 1. The Hall–Kier alpha value is -0.570. The molecule has 0 aliphatic carbocycles. The summed E-state index contributed by atoms with van der Waals surface area (Å²) in [7, 11) is 0. The molecule has 3 heteroatoms. The molecular formula is C10H17NO2. The lowest BCUT2D eigenvalue weighted by Crippen LogP contribution is -2.45. The first-order valence-corrected chi connectivity index (χ1v) is 5.24. The molecule has 2 bridgehead atoms. The van der Waals surface area contributed by atoms with Crippen LogP contribution in [-0.4, -0.2) is 24.2 Å². The first-order valence-electron chi connectivity index (χ1n) is 5.24. The molecule has 3 nitrogen and oxygen atoms in total. The van der Waals surface area contributed by atoms with Crippen LogP contribution < -0.4 is 5.32 Å². The first kappa shape index (κ1) is 9.00. The van der Waals surface area contributed by atoms with Crippen molar-refractivity contribution in [3.63, 3.8) is 0 Å². The van der Waals surface area contributed by atoms with E-state index in [2.05, 4.69) is 5.32 Å². The van der Waals surface area contributed by atoms with Crippen molar-refractivity contribution in [3.8, 4) is 0 Å². The zero-order valence-corrected chi connectivity index (χ0v) is 8.08. The number of hydrogen-bond donors (Lipinski definition) is 1. The molecule has 0 aromatic rings. The summed E-state index contributed by atoms with van der Waals surface area (Å²) in [5.41, 5.74) is 0. The van der Waals surface area contributed by atoms with Gasteiger partial charge in [-0.3, -0.25) is 4.79 Å². The molecule has 2 aliphatic rings. The van der Waals surface area contributed by atoms with Crippen molar-refractivity contribution in [1.29, 1.82) is 0 Å². The molecule has 0 aromatic heterocycles. The van der Waals surface area contributed by atoms with Crippen molar-refractivity contribution in [3.05, 3.63) is 0 Å². The minimum absolute atomic E-state index is 0.152. The molecule has 2 rings (SSSR count). The van der Waals surface area contributed by atoms with Crippen LogP contribution in [0, 0.1) is 0 Å². The fraction of sp³-hybridized carbons (Fsp3) is 0.900. The highest BCUT2D eigenvalue weighted by Crippen LogP contribution is 2.32. The van der Waals surface area contributed by atoms with Gasteiger partial charge in [0, 0.05) is 6.42 Å². The number of amides is 1. The van der Waals surface area contributed by atoms with Gasteiger partial charge in [0.25, 0.3) is 0 Å². The number of ether oxygens (including phenoxy) is 1. The standard InChI is InChI=1S/C10H17NO2/c1-2-10(12)11-8-5-3-7-4-6-9(8)13-7/h7-9H,2-6H2,1H3,(H,11,12). The Labute approximate surface area is 78.8 Å². The van der Waals surface area contributed by atoms with Crippen molar-refractivity contribution < 1.29 is 9.53 Å². The van der Waals surface area contributed by atoms with Crippen molar-refractivity contribution in [2.75, 3.05) is 0 Å². The normalized spacial score (nSPS) is 37.5. The van der Waals surface area contributed by atoms with Gasteiger partial charge < -0.3 is 10.1 Å². The highest BCUT2D eigenvalue weighted by atomic mass is 16.5. The maximum absolute atomic E-state index is 11.2. The van der Waals surface area contributed by atoms with Gasteiger partial charge in [-0.15, -0.1) is 0 Å². The fourth-order valence-electron chi connectivity index (χ4n) is 2.27. The molecule has 3 atom stereocenters. The first-order chi connectivity index (χ1) is 6.29. The maximum atomic E-state index is 11.2. The average molecular weight is 183 g/mol. The topological polar surface area (TPSA) is 38.3 Å². The molecule has 0 spiro atoms. The third-order valence-corrected chi connectivity index (χ3v) is 3.06. The van der Waals surface area contributed by atoms with Crippen LogP contribution in [0.3, 0.4) is 0 Å². The Morgan fingerprint density at radius 1 is 1.38 bits per heavy atom. The Morgan fingerprint density at radius 2 is 2.15 bits per heavy atom. The molecule has 0 saturated carbocycles. The molecule has 2 heterocycles. The molecular weight excluding hydrogens is 166 g/mol. The Kier molecular flexibility index (Phi) is 2.54. The van der Waals surface area contributed by atoms with Crippen molar-refractivity contribution >= 4 is 5.91 Å². The minimum Gasteiger partial charge on any atom is -0.373 e. The van der Waals surface area contributed by atoms with E-state index in [0.29, 0.717) is 18.6 Å². The van der Waals surface area contributed by atoms with E-state index in [0.717, 1.165) is 19.3 Å². The summed E-state index contributed by atoms with van der Waals surface area (Å²) >= 11 is 0. The predicted molar refractivity (Wildman–Crippen MR) is 49.4 cm³/mol. The van der Waals surface area contributed by atoms with Crippen LogP contribution in [-0.2, 0) is 9.53 Å². The summed E-state index contributed by atoms with van der Waals surface area (Å²) in [4.78, 5) is 11.2. The van der Waals surface area contributed by atoms with E-state index in [4.69, 9.17) is 4.74 Å². The maximum Gasteiger partial charge on any atom is 0.220 e. The van der Waals surface area contributed by atoms with E-state index < -0.39 is 0 Å². The lowest BCUT2D eigenvalue weighted by atomic mass is 10.0. The van der Waals surface area contributed by atoms with E-state index >= 15 is 0 Å². The fourth-order valence-corrected chi connectivity index (χ4v) is 2.27. The van der Waals surface area contributed by atoms with Gasteiger partial charge >= 0.3 is 0 Å². The van der Waals surface area contributed by atoms with Gasteiger partial charge in [-0.2, -0.15) is 0 Å². The summed E-state index contributed by atoms with van der Waals surface area (Å²) < 4.78 is 5.74. The van der Waals surface area contributed by atoms with Gasteiger partial charge in [0.2, 0.25) is 5.91 Å². The largest absolute Gasteiger partial charge is 0.373 e. The minimum atomic E-state index is 0.152. The second-order valence-corrected chi connectivity index (χ2v) is 3.98. The number of fused-ring (bicyclic) bond motifs is 2. The lowest BCUT2D eigenvalue weighted by molar-refractivity contribution is -0.123. The molecule has 2 aliphatic heterocycles. The van der Waals surface area contributed by atoms with Crippen LogP contribution >= 0.6 is 0 Å². The van der Waals surface area contributed by atoms with Gasteiger partial charge in [0.1, 0.15) is 0 Å². The summed E-state index contributed by atoms with van der Waals surface area (Å²) in [5.74, 6) is 0.152. The van der Waals surface area contributed by atoms with Gasteiger partial charge in [0.05, 0.1) is 18.2 Å². The van der Waals surface area contributed by atoms with Crippen LogP contribution in [0.15, 0.2) is 0 Å². The van der Waals surface area contributed by atoms with Crippen LogP contribution in [0.4, 0.5) is 0 Å². The van der Waals surface area contributed by atoms with Crippen molar-refractivity contribution in [2.24, 2.45) is 0 Å². The zero-order chi connectivity index (χ0) is 9.26. The Bertz CT molecular complexity index is 205. The van der Waals surface area contributed by atoms with E-state index in [1.807, 2.05) is 6.92 Å². The van der Waals surface area contributed by atoms with Gasteiger partial charge in [-0.25, -0.2) is 0 Å². The monoisotopic (exact) mass is 183 g/mol. The number of hydrogen-bond acceptors (Lipinski definition) is 2. The van der Waals surface area contributed by atoms with E-state index in [1.165, 1.54) is 6.42 Å². The van der Waals surface area contributed by atoms with E-state index in [1.54, 1.807) is 0 Å². The number of rotatable bonds is 2. The molecule has 74 valence electrons. The van der Waals surface area contributed by atoms with E-state index in [9.17, 15) is 4.79 Å². The molecule has 0 radical (unpaired) electrons. The number of carbonyl (C=O) groups excluding carboxylic acids is 1. The molecule has 13 heavy (non-hydrogen) atoms. The third kappa shape index (κ3) is 1.85. The van der Waals surface area contributed by atoms with Gasteiger partial charge in [0.15, 0.2) is 0 Å². The Morgan fingerprint density at radius 3 is 2.92 bits per heavy atom. The average Bonchev–Trinajstić information content (AvgIpc) is 2.54. The third-order valence-electron chi connectivity index (χ3n) is 3.06. The Balaban J connectivity index is 1.89. The smallest absolute Gasteiger partial charge is 0.220 e. The van der Waals surface area contributed by atoms with Gasteiger partial charge in [-0.05, 0) is 25.7 Å². The molecule has 3 unspecified atom stereocenters. The van der Waals surface area contributed by atoms with Crippen LogP contribution in [0.1, 0.15) is 39.0 Å². The molecule has 2 fully saturated rings. The highest BCUT2D eigenvalue weighted by molar-refractivity contribution is 5.75. The summed E-state index contributed by atoms with van der Waals surface area (Å²) in [6, 6.07) is 0.284. The van der Waals surface area contributed by atoms with Crippen LogP contribution in [0.5, 0.6) is 0 Å². The second-order valence-electron chi connectivity index (χ2n) is 3.98. The highest BCUT2D eigenvalue weighted by Gasteiger charge is 2.36. The second kappa shape index (κ2) is 3.66. The van der Waals surface area contributed by atoms with Crippen molar-refractivity contribution in [2.45, 2.75) is 57.3 Å². The molecule has 1 amide bonds. The SMILES string of the molecule is CCC(=O)NC1CCC2CCC1O2. The summed E-state index contributed by atoms with van der Waals surface area (Å²) in [6.45, 7) is 1.89. The molecule has 2 saturated heterocycles. The van der Waals surface area contributed by atoms with E-state index in [-0.39, 0.29) is 11.9 Å². The quantitative estimate of drug-likeness (QED) is 0.699. The predicted octanol–water partition coefficient (Wildman–Crippen LogP) is 1.22. The summed E-state index contributed by atoms with van der Waals surface area (Å²) in [6.07, 6.45) is 5.88. The van der Waals surface area contributed by atoms with Crippen molar-refractivity contribution in [1.82, 2.24) is 5.32 Å². The lowest BCUT2D eigenvalue weighted by Gasteiger charge is -2.29. The van der Waals surface area contributed by atoms with Gasteiger partial charge in [-0.1, -0.05) is 6.92 Å². The molecule has 0 aromatic carbocycles. The van der Waals surface area contributed by atoms with Crippen LogP contribution in [0.2, 0.25) is 0 Å². The number of carbonyl (C=O) groups is 1. The molecule has 1 N–H and O–H groups in total. The van der Waals surface area contributed by atoms with Crippen LogP contribution in [0.25, 0.3) is 0 Å².